The number of halogens is 1. The molecule has 0 spiro atoms. The van der Waals surface area contributed by atoms with Crippen molar-refractivity contribution in [1.29, 1.82) is 0 Å². The van der Waals surface area contributed by atoms with E-state index in [-0.39, 0.29) is 11.7 Å². The molecule has 0 aliphatic carbocycles. The van der Waals surface area contributed by atoms with Crippen LogP contribution < -0.4 is 10.0 Å². The van der Waals surface area contributed by atoms with Gasteiger partial charge in [0.2, 0.25) is 10.0 Å². The van der Waals surface area contributed by atoms with Gasteiger partial charge in [-0.05, 0) is 39.0 Å². The molecular formula is C12H19FN2O3S. The lowest BCUT2D eigenvalue weighted by Crippen LogP contribution is -2.39. The first kappa shape index (κ1) is 15.7. The number of hydrogen-bond acceptors (Lipinski definition) is 4. The van der Waals surface area contributed by atoms with Gasteiger partial charge < -0.3 is 10.4 Å². The molecule has 0 aliphatic rings. The van der Waals surface area contributed by atoms with Crippen molar-refractivity contribution in [3.8, 4) is 0 Å². The van der Waals surface area contributed by atoms with Crippen molar-refractivity contribution in [2.24, 2.45) is 0 Å². The predicted molar refractivity (Wildman–Crippen MR) is 74.2 cm³/mol. The highest BCUT2D eigenvalue weighted by atomic mass is 32.2. The molecular weight excluding hydrogens is 271 g/mol. The first-order chi connectivity index (χ1) is 8.49. The van der Waals surface area contributed by atoms with E-state index in [1.807, 2.05) is 0 Å². The third-order valence-electron chi connectivity index (χ3n) is 2.70. The molecule has 3 N–H and O–H groups in total. The van der Waals surface area contributed by atoms with Crippen LogP contribution in [0.5, 0.6) is 0 Å². The summed E-state index contributed by atoms with van der Waals surface area (Å²) in [5, 5.41) is 12.8. The number of anilines is 2. The Labute approximate surface area is 112 Å². The van der Waals surface area contributed by atoms with E-state index in [2.05, 4.69) is 10.0 Å². The Balaban J connectivity index is 2.97. The van der Waals surface area contributed by atoms with Crippen molar-refractivity contribution in [2.75, 3.05) is 16.3 Å². The Bertz CT molecular complexity index is 553. The van der Waals surface area contributed by atoms with Crippen LogP contribution in [-0.4, -0.2) is 31.4 Å². The smallest absolute Gasteiger partial charge is 0.229 e. The maximum atomic E-state index is 13.5. The third-order valence-corrected chi connectivity index (χ3v) is 3.30. The summed E-state index contributed by atoms with van der Waals surface area (Å²) in [5.41, 5.74) is -0.573. The Hall–Kier alpha value is -1.34. The molecule has 0 aromatic heterocycles. The van der Waals surface area contributed by atoms with Gasteiger partial charge in [0.25, 0.3) is 0 Å². The Morgan fingerprint density at radius 3 is 2.42 bits per heavy atom. The fraction of sp³-hybridized carbons (Fsp3) is 0.500. The molecule has 1 unspecified atom stereocenters. The molecule has 19 heavy (non-hydrogen) atoms. The van der Waals surface area contributed by atoms with Crippen LogP contribution in [0, 0.1) is 5.82 Å². The van der Waals surface area contributed by atoms with Crippen LogP contribution in [0.15, 0.2) is 18.2 Å². The number of nitrogens with one attached hydrogen (secondary N) is 2. The van der Waals surface area contributed by atoms with E-state index in [4.69, 9.17) is 0 Å². The van der Waals surface area contributed by atoms with Gasteiger partial charge in [0.1, 0.15) is 5.82 Å². The van der Waals surface area contributed by atoms with Crippen LogP contribution in [0.2, 0.25) is 0 Å². The highest BCUT2D eigenvalue weighted by Gasteiger charge is 2.22. The normalized spacial score (nSPS) is 14.0. The van der Waals surface area contributed by atoms with Crippen LogP contribution in [0.4, 0.5) is 15.8 Å². The molecule has 0 amide bonds. The third kappa shape index (κ3) is 5.04. The molecule has 5 nitrogen and oxygen atoms in total. The van der Waals surface area contributed by atoms with Crippen LogP contribution >= 0.6 is 0 Å². The van der Waals surface area contributed by atoms with Crippen molar-refractivity contribution in [2.45, 2.75) is 32.4 Å². The van der Waals surface area contributed by atoms with E-state index in [1.165, 1.54) is 12.1 Å². The molecule has 1 atom stereocenters. The molecule has 108 valence electrons. The maximum absolute atomic E-state index is 13.5. The van der Waals surface area contributed by atoms with Gasteiger partial charge >= 0.3 is 0 Å². The molecule has 0 fully saturated rings. The first-order valence-electron chi connectivity index (χ1n) is 5.75. The SMILES string of the molecule is CC(Nc1ccc(F)c(NS(C)(=O)=O)c1)C(C)(C)O. The lowest BCUT2D eigenvalue weighted by molar-refractivity contribution is 0.0649. The molecule has 0 bridgehead atoms. The minimum Gasteiger partial charge on any atom is -0.388 e. The minimum atomic E-state index is -3.54. The van der Waals surface area contributed by atoms with E-state index in [1.54, 1.807) is 20.8 Å². The molecule has 0 aliphatic heterocycles. The highest BCUT2D eigenvalue weighted by Crippen LogP contribution is 2.22. The van der Waals surface area contributed by atoms with Crippen molar-refractivity contribution >= 4 is 21.4 Å². The largest absolute Gasteiger partial charge is 0.388 e. The van der Waals surface area contributed by atoms with E-state index in [0.29, 0.717) is 5.69 Å². The van der Waals surface area contributed by atoms with Crippen molar-refractivity contribution in [3.63, 3.8) is 0 Å². The zero-order chi connectivity index (χ0) is 14.8. The summed E-state index contributed by atoms with van der Waals surface area (Å²) in [4.78, 5) is 0. The van der Waals surface area contributed by atoms with Crippen LogP contribution in [0.3, 0.4) is 0 Å². The second-order valence-electron chi connectivity index (χ2n) is 5.09. The van der Waals surface area contributed by atoms with Gasteiger partial charge in [0.05, 0.1) is 23.6 Å². The summed E-state index contributed by atoms with van der Waals surface area (Å²) < 4.78 is 37.8. The Morgan fingerprint density at radius 1 is 1.37 bits per heavy atom. The highest BCUT2D eigenvalue weighted by molar-refractivity contribution is 7.92. The Morgan fingerprint density at radius 2 is 1.95 bits per heavy atom. The van der Waals surface area contributed by atoms with E-state index in [9.17, 15) is 17.9 Å². The number of aliphatic hydroxyl groups is 1. The summed E-state index contributed by atoms with van der Waals surface area (Å²) in [6.07, 6.45) is 0.950. The molecule has 0 radical (unpaired) electrons. The average molecular weight is 290 g/mol. The molecule has 1 aromatic carbocycles. The molecule has 0 heterocycles. The lowest BCUT2D eigenvalue weighted by atomic mass is 10.0. The molecule has 7 heteroatoms. The maximum Gasteiger partial charge on any atom is 0.229 e. The predicted octanol–water partition coefficient (Wildman–Crippen LogP) is 1.77. The summed E-state index contributed by atoms with van der Waals surface area (Å²) in [5.74, 6) is -0.660. The van der Waals surface area contributed by atoms with Gasteiger partial charge in [-0.15, -0.1) is 0 Å². The lowest BCUT2D eigenvalue weighted by Gasteiger charge is -2.27. The van der Waals surface area contributed by atoms with Gasteiger partial charge in [0, 0.05) is 5.69 Å². The monoisotopic (exact) mass is 290 g/mol. The zero-order valence-electron chi connectivity index (χ0n) is 11.4. The van der Waals surface area contributed by atoms with Crippen LogP contribution in [0.1, 0.15) is 20.8 Å². The van der Waals surface area contributed by atoms with Gasteiger partial charge in [-0.1, -0.05) is 0 Å². The summed E-state index contributed by atoms with van der Waals surface area (Å²) in [6, 6.07) is 3.69. The summed E-state index contributed by atoms with van der Waals surface area (Å²) in [7, 11) is -3.54. The number of sulfonamides is 1. The number of hydrogen-bond donors (Lipinski definition) is 3. The van der Waals surface area contributed by atoms with E-state index < -0.39 is 21.4 Å². The quantitative estimate of drug-likeness (QED) is 0.772. The average Bonchev–Trinajstić information content (AvgIpc) is 2.19. The van der Waals surface area contributed by atoms with Gasteiger partial charge in [-0.25, -0.2) is 12.8 Å². The van der Waals surface area contributed by atoms with Gasteiger partial charge in [0.15, 0.2) is 0 Å². The van der Waals surface area contributed by atoms with E-state index >= 15 is 0 Å². The van der Waals surface area contributed by atoms with Gasteiger partial charge in [-0.3, -0.25) is 4.72 Å². The molecule has 0 saturated carbocycles. The van der Waals surface area contributed by atoms with E-state index in [0.717, 1.165) is 12.3 Å². The van der Waals surface area contributed by atoms with Crippen LogP contribution in [0.25, 0.3) is 0 Å². The molecule has 0 saturated heterocycles. The molecule has 1 aromatic rings. The zero-order valence-corrected chi connectivity index (χ0v) is 12.2. The second kappa shape index (κ2) is 5.34. The van der Waals surface area contributed by atoms with Crippen molar-refractivity contribution in [1.82, 2.24) is 0 Å². The van der Waals surface area contributed by atoms with Crippen LogP contribution in [-0.2, 0) is 10.0 Å². The second-order valence-corrected chi connectivity index (χ2v) is 6.84. The number of benzene rings is 1. The summed E-state index contributed by atoms with van der Waals surface area (Å²) >= 11 is 0. The number of rotatable bonds is 5. The molecule has 1 rings (SSSR count). The standard InChI is InChI=1S/C12H19FN2O3S/c1-8(12(2,3)16)14-9-5-6-10(13)11(7-9)15-19(4,17)18/h5-8,14-16H,1-4H3. The fourth-order valence-electron chi connectivity index (χ4n) is 1.32. The topological polar surface area (TPSA) is 78.4 Å². The first-order valence-corrected chi connectivity index (χ1v) is 7.64. The minimum absolute atomic E-state index is 0.129. The summed E-state index contributed by atoms with van der Waals surface area (Å²) in [6.45, 7) is 5.06. The van der Waals surface area contributed by atoms with Crippen molar-refractivity contribution < 1.29 is 17.9 Å². The fourth-order valence-corrected chi connectivity index (χ4v) is 1.88. The Kier molecular flexibility index (Phi) is 4.42. The van der Waals surface area contributed by atoms with Gasteiger partial charge in [-0.2, -0.15) is 0 Å². The van der Waals surface area contributed by atoms with Crippen molar-refractivity contribution in [3.05, 3.63) is 24.0 Å².